The number of hydrogen-bond acceptors (Lipinski definition) is 1. The maximum atomic E-state index is 13.5. The van der Waals surface area contributed by atoms with E-state index in [1.54, 1.807) is 12.1 Å². The smallest absolute Gasteiger partial charge is 0.162 e. The number of epoxide rings is 1. The van der Waals surface area contributed by atoms with Gasteiger partial charge in [-0.25, -0.2) is 8.78 Å². The van der Waals surface area contributed by atoms with Gasteiger partial charge in [0.25, 0.3) is 0 Å². The Hall–Kier alpha value is -0.960. The summed E-state index contributed by atoms with van der Waals surface area (Å²) in [5, 5.41) is 0. The summed E-state index contributed by atoms with van der Waals surface area (Å²) in [6.07, 6.45) is 2.30. The van der Waals surface area contributed by atoms with Crippen LogP contribution in [0.15, 0.2) is 18.2 Å². The molecule has 3 atom stereocenters. The van der Waals surface area contributed by atoms with E-state index in [2.05, 4.69) is 6.92 Å². The third kappa shape index (κ3) is 2.24. The van der Waals surface area contributed by atoms with Crippen molar-refractivity contribution >= 4 is 0 Å². The predicted octanol–water partition coefficient (Wildman–Crippen LogP) is 3.64. The van der Waals surface area contributed by atoms with Gasteiger partial charge in [-0.1, -0.05) is 26.0 Å². The zero-order valence-electron chi connectivity index (χ0n) is 9.54. The van der Waals surface area contributed by atoms with Gasteiger partial charge in [-0.2, -0.15) is 0 Å². The first-order chi connectivity index (χ1) is 7.63. The molecule has 1 nitrogen and oxygen atoms in total. The highest BCUT2D eigenvalue weighted by Gasteiger charge is 2.38. The first kappa shape index (κ1) is 11.5. The Morgan fingerprint density at radius 1 is 1.31 bits per heavy atom. The molecule has 3 unspecified atom stereocenters. The number of benzene rings is 1. The summed E-state index contributed by atoms with van der Waals surface area (Å²) in [7, 11) is 0. The number of rotatable bonds is 4. The average Bonchev–Trinajstić information content (AvgIpc) is 3.00. The van der Waals surface area contributed by atoms with Gasteiger partial charge in [-0.15, -0.1) is 0 Å². The fraction of sp³-hybridized carbons (Fsp3) is 0.538. The van der Waals surface area contributed by atoms with Crippen molar-refractivity contribution in [1.29, 1.82) is 0 Å². The van der Waals surface area contributed by atoms with Crippen LogP contribution in [0.4, 0.5) is 8.78 Å². The van der Waals surface area contributed by atoms with Gasteiger partial charge in [0, 0.05) is 0 Å². The molecule has 0 spiro atoms. The van der Waals surface area contributed by atoms with Crippen molar-refractivity contribution in [3.63, 3.8) is 0 Å². The van der Waals surface area contributed by atoms with E-state index in [4.69, 9.17) is 4.74 Å². The van der Waals surface area contributed by atoms with Crippen molar-refractivity contribution in [3.05, 3.63) is 35.4 Å². The first-order valence-electron chi connectivity index (χ1n) is 5.72. The van der Waals surface area contributed by atoms with Crippen molar-refractivity contribution in [1.82, 2.24) is 0 Å². The van der Waals surface area contributed by atoms with Crippen LogP contribution in [0, 0.1) is 11.6 Å². The molecule has 3 heteroatoms. The lowest BCUT2D eigenvalue weighted by Gasteiger charge is -2.11. The Morgan fingerprint density at radius 3 is 2.69 bits per heavy atom. The second-order valence-corrected chi connectivity index (χ2v) is 4.40. The van der Waals surface area contributed by atoms with Crippen LogP contribution >= 0.6 is 0 Å². The zero-order valence-corrected chi connectivity index (χ0v) is 9.54. The molecule has 1 saturated heterocycles. The Morgan fingerprint density at radius 2 is 2.06 bits per heavy atom. The molecule has 0 N–H and O–H groups in total. The van der Waals surface area contributed by atoms with Gasteiger partial charge in [0.2, 0.25) is 0 Å². The normalized spacial score (nSPS) is 25.5. The van der Waals surface area contributed by atoms with E-state index in [0.717, 1.165) is 18.9 Å². The molecule has 0 radical (unpaired) electrons. The minimum atomic E-state index is -0.770. The number of halogens is 2. The molecule has 1 fully saturated rings. The second-order valence-electron chi connectivity index (χ2n) is 4.40. The maximum Gasteiger partial charge on any atom is 0.162 e. The van der Waals surface area contributed by atoms with Crippen LogP contribution < -0.4 is 0 Å². The van der Waals surface area contributed by atoms with E-state index in [1.165, 1.54) is 0 Å². The Bertz CT molecular complexity index is 378. The van der Waals surface area contributed by atoms with E-state index >= 15 is 0 Å². The van der Waals surface area contributed by atoms with E-state index in [0.29, 0.717) is 11.7 Å². The predicted molar refractivity (Wildman–Crippen MR) is 58.3 cm³/mol. The van der Waals surface area contributed by atoms with Gasteiger partial charge in [0.15, 0.2) is 11.6 Å². The Balaban J connectivity index is 2.04. The monoisotopic (exact) mass is 226 g/mol. The lowest BCUT2D eigenvalue weighted by atomic mass is 9.94. The van der Waals surface area contributed by atoms with E-state index in [9.17, 15) is 8.78 Å². The van der Waals surface area contributed by atoms with Gasteiger partial charge in [-0.05, 0) is 30.4 Å². The summed E-state index contributed by atoms with van der Waals surface area (Å²) >= 11 is 0. The van der Waals surface area contributed by atoms with Crippen LogP contribution in [-0.2, 0) is 4.74 Å². The second kappa shape index (κ2) is 4.50. The van der Waals surface area contributed by atoms with Gasteiger partial charge < -0.3 is 4.74 Å². The molecule has 0 amide bonds. The molecule has 0 saturated carbocycles. The zero-order chi connectivity index (χ0) is 11.7. The lowest BCUT2D eigenvalue weighted by Crippen LogP contribution is -2.04. The van der Waals surface area contributed by atoms with Gasteiger partial charge in [-0.3, -0.25) is 0 Å². The molecule has 2 rings (SSSR count). The molecule has 0 bridgehead atoms. The van der Waals surface area contributed by atoms with Crippen molar-refractivity contribution in [2.75, 3.05) is 0 Å². The third-order valence-electron chi connectivity index (χ3n) is 3.19. The van der Waals surface area contributed by atoms with Crippen LogP contribution in [0.1, 0.15) is 38.2 Å². The fourth-order valence-corrected chi connectivity index (χ4v) is 2.12. The van der Waals surface area contributed by atoms with Crippen LogP contribution in [-0.4, -0.2) is 12.2 Å². The molecule has 1 heterocycles. The lowest BCUT2D eigenvalue weighted by molar-refractivity contribution is 0.351. The average molecular weight is 226 g/mol. The molecule has 0 aromatic heterocycles. The number of hydrogen-bond donors (Lipinski definition) is 0. The molecule has 1 aromatic carbocycles. The summed E-state index contributed by atoms with van der Waals surface area (Å²) < 4.78 is 31.9. The molecule has 16 heavy (non-hydrogen) atoms. The number of ether oxygens (including phenoxy) is 1. The third-order valence-corrected chi connectivity index (χ3v) is 3.19. The molecule has 88 valence electrons. The van der Waals surface area contributed by atoms with E-state index in [1.807, 2.05) is 6.92 Å². The van der Waals surface area contributed by atoms with Crippen LogP contribution in [0.3, 0.4) is 0 Å². The highest BCUT2D eigenvalue weighted by molar-refractivity contribution is 5.22. The van der Waals surface area contributed by atoms with Gasteiger partial charge in [0.05, 0.1) is 12.2 Å². The van der Waals surface area contributed by atoms with Crippen molar-refractivity contribution in [3.8, 4) is 0 Å². The first-order valence-corrected chi connectivity index (χ1v) is 5.72. The molecule has 1 aliphatic heterocycles. The maximum absolute atomic E-state index is 13.5. The molecule has 1 aromatic rings. The molecule has 0 aliphatic carbocycles. The molecular weight excluding hydrogens is 210 g/mol. The van der Waals surface area contributed by atoms with E-state index < -0.39 is 11.6 Å². The van der Waals surface area contributed by atoms with Gasteiger partial charge in [0.1, 0.15) is 0 Å². The largest absolute Gasteiger partial charge is 0.370 e. The van der Waals surface area contributed by atoms with E-state index in [-0.39, 0.29) is 12.0 Å². The summed E-state index contributed by atoms with van der Waals surface area (Å²) in [5.74, 6) is -1.49. The summed E-state index contributed by atoms with van der Waals surface area (Å²) in [5.41, 5.74) is 0.449. The standard InChI is InChI=1S/C13H16F2O/c1-3-11-12(16-11)7-8(2)9-5-4-6-10(14)13(9)15/h4-6,8,11-12H,3,7H2,1-2H3. The topological polar surface area (TPSA) is 12.5 Å². The van der Waals surface area contributed by atoms with Crippen LogP contribution in [0.5, 0.6) is 0 Å². The summed E-state index contributed by atoms with van der Waals surface area (Å²) in [4.78, 5) is 0. The summed E-state index contributed by atoms with van der Waals surface area (Å²) in [6.45, 7) is 3.98. The quantitative estimate of drug-likeness (QED) is 0.714. The summed E-state index contributed by atoms with van der Waals surface area (Å²) in [6, 6.07) is 4.34. The minimum absolute atomic E-state index is 0.00255. The van der Waals surface area contributed by atoms with Gasteiger partial charge >= 0.3 is 0 Å². The minimum Gasteiger partial charge on any atom is -0.370 e. The fourth-order valence-electron chi connectivity index (χ4n) is 2.12. The van der Waals surface area contributed by atoms with Crippen LogP contribution in [0.2, 0.25) is 0 Å². The van der Waals surface area contributed by atoms with Crippen molar-refractivity contribution in [2.45, 2.75) is 44.8 Å². The molecular formula is C13H16F2O. The van der Waals surface area contributed by atoms with Crippen molar-refractivity contribution in [2.24, 2.45) is 0 Å². The SMILES string of the molecule is CCC1OC1CC(C)c1cccc(F)c1F. The van der Waals surface area contributed by atoms with Crippen LogP contribution in [0.25, 0.3) is 0 Å². The van der Waals surface area contributed by atoms with Crippen molar-refractivity contribution < 1.29 is 13.5 Å². The molecule has 1 aliphatic rings. The Kier molecular flexibility index (Phi) is 3.24. The Labute approximate surface area is 94.4 Å². The highest BCUT2D eigenvalue weighted by atomic mass is 19.2. The highest BCUT2D eigenvalue weighted by Crippen LogP contribution is 2.35.